The first-order valence-corrected chi connectivity index (χ1v) is 8.32. The van der Waals surface area contributed by atoms with Gasteiger partial charge in [0.15, 0.2) is 5.96 Å². The maximum atomic E-state index is 4.65. The van der Waals surface area contributed by atoms with Crippen LogP contribution in [-0.2, 0) is 19.4 Å². The molecule has 1 aliphatic heterocycles. The van der Waals surface area contributed by atoms with Gasteiger partial charge in [-0.15, -0.1) is 34.2 Å². The average molecular weight is 418 g/mol. The molecule has 3 rings (SSSR count). The molecule has 1 saturated carbocycles. The van der Waals surface area contributed by atoms with Crippen LogP contribution in [0.15, 0.2) is 4.99 Å². The van der Waals surface area contributed by atoms with Crippen LogP contribution in [0.5, 0.6) is 0 Å². The van der Waals surface area contributed by atoms with Crippen LogP contribution < -0.4 is 10.6 Å². The highest BCUT2D eigenvalue weighted by atomic mass is 127. The summed E-state index contributed by atoms with van der Waals surface area (Å²) in [6, 6.07) is 0.632. The Morgan fingerprint density at radius 3 is 2.91 bits per heavy atom. The normalized spacial score (nSPS) is 18.1. The molecule has 2 heterocycles. The molecular weight excluding hydrogens is 391 g/mol. The van der Waals surface area contributed by atoms with E-state index < -0.39 is 0 Å². The van der Waals surface area contributed by atoms with Gasteiger partial charge in [-0.1, -0.05) is 6.42 Å². The predicted molar refractivity (Wildman–Crippen MR) is 98.8 cm³/mol. The minimum absolute atomic E-state index is 0. The van der Waals surface area contributed by atoms with E-state index in [0.29, 0.717) is 6.04 Å². The van der Waals surface area contributed by atoms with Crippen molar-refractivity contribution in [3.05, 3.63) is 11.6 Å². The number of hydrogen-bond donors (Lipinski definition) is 2. The largest absolute Gasteiger partial charge is 0.357 e. The molecule has 1 aromatic heterocycles. The van der Waals surface area contributed by atoms with E-state index >= 15 is 0 Å². The molecule has 124 valence electrons. The number of hydrogen-bond acceptors (Lipinski definition) is 3. The Balaban J connectivity index is 0.00000176. The van der Waals surface area contributed by atoms with Crippen molar-refractivity contribution in [2.75, 3.05) is 13.1 Å². The Bertz CT molecular complexity index is 494. The van der Waals surface area contributed by atoms with Crippen molar-refractivity contribution < 1.29 is 0 Å². The quantitative estimate of drug-likeness (QED) is 0.436. The van der Waals surface area contributed by atoms with E-state index in [1.54, 1.807) is 0 Å². The standard InChI is InChI=1S/C15H26N6.HI/c1-2-16-15(18-12-7-8-12)17-10-9-14-20-19-13-6-4-3-5-11-21(13)14;/h12H,2-11H2,1H3,(H2,16,17,18);1H. The Hall–Kier alpha value is -0.860. The van der Waals surface area contributed by atoms with Crippen LogP contribution in [0, 0.1) is 0 Å². The van der Waals surface area contributed by atoms with E-state index in [-0.39, 0.29) is 24.0 Å². The maximum absolute atomic E-state index is 4.65. The fraction of sp³-hybridized carbons (Fsp3) is 0.800. The maximum Gasteiger partial charge on any atom is 0.191 e. The molecule has 0 spiro atoms. The molecule has 0 radical (unpaired) electrons. The minimum Gasteiger partial charge on any atom is -0.357 e. The van der Waals surface area contributed by atoms with E-state index in [1.165, 1.54) is 32.1 Å². The SMILES string of the molecule is CCNC(=NCCc1nnc2n1CCCCC2)NC1CC1.I. The molecule has 0 amide bonds. The third-order valence-corrected chi connectivity index (χ3v) is 4.05. The number of rotatable bonds is 5. The van der Waals surface area contributed by atoms with E-state index in [1.807, 2.05) is 0 Å². The molecule has 0 saturated heterocycles. The van der Waals surface area contributed by atoms with Gasteiger partial charge in [-0.25, -0.2) is 0 Å². The molecule has 2 aliphatic rings. The first-order chi connectivity index (χ1) is 10.4. The zero-order valence-electron chi connectivity index (χ0n) is 13.3. The highest BCUT2D eigenvalue weighted by Gasteiger charge is 2.22. The van der Waals surface area contributed by atoms with Gasteiger partial charge in [-0.3, -0.25) is 4.99 Å². The van der Waals surface area contributed by atoms with Gasteiger partial charge in [-0.2, -0.15) is 0 Å². The van der Waals surface area contributed by atoms with Crippen molar-refractivity contribution >= 4 is 29.9 Å². The van der Waals surface area contributed by atoms with Crippen molar-refractivity contribution in [1.29, 1.82) is 0 Å². The van der Waals surface area contributed by atoms with Gasteiger partial charge in [0.2, 0.25) is 0 Å². The smallest absolute Gasteiger partial charge is 0.191 e. The second kappa shape index (κ2) is 8.69. The summed E-state index contributed by atoms with van der Waals surface area (Å²) in [6.07, 6.45) is 8.26. The Morgan fingerprint density at radius 2 is 2.14 bits per heavy atom. The van der Waals surface area contributed by atoms with E-state index in [9.17, 15) is 0 Å². The summed E-state index contributed by atoms with van der Waals surface area (Å²) in [5.41, 5.74) is 0. The number of guanidine groups is 1. The predicted octanol–water partition coefficient (Wildman–Crippen LogP) is 1.88. The average Bonchev–Trinajstić information content (AvgIpc) is 3.25. The molecule has 6 nitrogen and oxygen atoms in total. The number of nitrogens with one attached hydrogen (secondary N) is 2. The van der Waals surface area contributed by atoms with Crippen LogP contribution in [0.25, 0.3) is 0 Å². The number of halogens is 1. The summed E-state index contributed by atoms with van der Waals surface area (Å²) >= 11 is 0. The fourth-order valence-electron chi connectivity index (χ4n) is 2.74. The molecule has 2 N–H and O–H groups in total. The molecule has 1 aromatic rings. The van der Waals surface area contributed by atoms with Gasteiger partial charge in [0.05, 0.1) is 0 Å². The van der Waals surface area contributed by atoms with Crippen LogP contribution in [0.1, 0.15) is 50.7 Å². The van der Waals surface area contributed by atoms with Crippen molar-refractivity contribution in [3.8, 4) is 0 Å². The highest BCUT2D eigenvalue weighted by Crippen LogP contribution is 2.18. The monoisotopic (exact) mass is 418 g/mol. The number of fused-ring (bicyclic) bond motifs is 1. The molecule has 0 bridgehead atoms. The van der Waals surface area contributed by atoms with Crippen LogP contribution in [-0.4, -0.2) is 39.9 Å². The molecular formula is C15H27IN6. The summed E-state index contributed by atoms with van der Waals surface area (Å²) in [7, 11) is 0. The molecule has 0 atom stereocenters. The number of nitrogens with zero attached hydrogens (tertiary/aromatic N) is 4. The lowest BCUT2D eigenvalue weighted by Gasteiger charge is -2.10. The lowest BCUT2D eigenvalue weighted by atomic mass is 10.2. The summed E-state index contributed by atoms with van der Waals surface area (Å²) in [5.74, 6) is 3.20. The van der Waals surface area contributed by atoms with Gasteiger partial charge < -0.3 is 15.2 Å². The molecule has 0 aromatic carbocycles. The van der Waals surface area contributed by atoms with Gasteiger partial charge in [-0.05, 0) is 32.6 Å². The topological polar surface area (TPSA) is 67.1 Å². The van der Waals surface area contributed by atoms with Crippen LogP contribution in [0.3, 0.4) is 0 Å². The zero-order valence-corrected chi connectivity index (χ0v) is 15.7. The van der Waals surface area contributed by atoms with E-state index in [4.69, 9.17) is 0 Å². The minimum atomic E-state index is 0. The fourth-order valence-corrected chi connectivity index (χ4v) is 2.74. The molecule has 1 aliphatic carbocycles. The Morgan fingerprint density at radius 1 is 1.27 bits per heavy atom. The summed E-state index contributed by atoms with van der Waals surface area (Å²) in [5, 5.41) is 15.4. The van der Waals surface area contributed by atoms with E-state index in [0.717, 1.165) is 50.1 Å². The van der Waals surface area contributed by atoms with Crippen LogP contribution >= 0.6 is 24.0 Å². The molecule has 1 fully saturated rings. The second-order valence-corrected chi connectivity index (χ2v) is 5.92. The van der Waals surface area contributed by atoms with Crippen molar-refractivity contribution in [1.82, 2.24) is 25.4 Å². The third-order valence-electron chi connectivity index (χ3n) is 4.05. The molecule has 7 heteroatoms. The molecule has 22 heavy (non-hydrogen) atoms. The summed E-state index contributed by atoms with van der Waals surface area (Å²) in [6.45, 7) is 4.84. The highest BCUT2D eigenvalue weighted by molar-refractivity contribution is 14.0. The van der Waals surface area contributed by atoms with Crippen molar-refractivity contribution in [2.45, 2.75) is 64.5 Å². The molecule has 0 unspecified atom stereocenters. The lowest BCUT2D eigenvalue weighted by Crippen LogP contribution is -2.38. The Labute approximate surface area is 149 Å². The zero-order chi connectivity index (χ0) is 14.5. The van der Waals surface area contributed by atoms with Gasteiger partial charge >= 0.3 is 0 Å². The summed E-state index contributed by atoms with van der Waals surface area (Å²) in [4.78, 5) is 4.65. The number of aryl methyl sites for hydroxylation is 1. The van der Waals surface area contributed by atoms with Crippen LogP contribution in [0.4, 0.5) is 0 Å². The van der Waals surface area contributed by atoms with Crippen molar-refractivity contribution in [3.63, 3.8) is 0 Å². The first kappa shape index (κ1) is 17.5. The van der Waals surface area contributed by atoms with Crippen LogP contribution in [0.2, 0.25) is 0 Å². The lowest BCUT2D eigenvalue weighted by molar-refractivity contribution is 0.604. The van der Waals surface area contributed by atoms with Gasteiger partial charge in [0.1, 0.15) is 11.6 Å². The van der Waals surface area contributed by atoms with E-state index in [2.05, 4.69) is 37.3 Å². The summed E-state index contributed by atoms with van der Waals surface area (Å²) < 4.78 is 2.31. The second-order valence-electron chi connectivity index (χ2n) is 5.92. The third kappa shape index (κ3) is 4.82. The van der Waals surface area contributed by atoms with Gasteiger partial charge in [0.25, 0.3) is 0 Å². The Kier molecular flexibility index (Phi) is 6.91. The first-order valence-electron chi connectivity index (χ1n) is 8.32. The van der Waals surface area contributed by atoms with Crippen molar-refractivity contribution in [2.24, 2.45) is 4.99 Å². The van der Waals surface area contributed by atoms with Gasteiger partial charge in [0, 0.05) is 38.5 Å². The number of aliphatic imine (C=N–C) groups is 1. The number of aromatic nitrogens is 3.